The van der Waals surface area contributed by atoms with E-state index in [4.69, 9.17) is 27.7 Å². The molecule has 0 saturated carbocycles. The van der Waals surface area contributed by atoms with Gasteiger partial charge in [0.1, 0.15) is 16.1 Å². The number of halogens is 2. The maximum atomic E-state index is 11.8. The summed E-state index contributed by atoms with van der Waals surface area (Å²) >= 11 is 11.4. The first-order chi connectivity index (χ1) is 8.04. The number of nitrogens with one attached hydrogen (secondary N) is 1. The van der Waals surface area contributed by atoms with Crippen molar-refractivity contribution in [3.05, 3.63) is 39.8 Å². The average Bonchev–Trinajstić information content (AvgIpc) is 2.62. The number of rotatable bonds is 2. The van der Waals surface area contributed by atoms with E-state index in [0.29, 0.717) is 17.1 Å². The molecular formula is C10H7Cl2N3O2. The summed E-state index contributed by atoms with van der Waals surface area (Å²) < 4.78 is 4.82. The molecule has 0 aliphatic carbocycles. The zero-order valence-electron chi connectivity index (χ0n) is 8.70. The number of amides is 1. The summed E-state index contributed by atoms with van der Waals surface area (Å²) in [5.74, 6) is 0.548. The van der Waals surface area contributed by atoms with Gasteiger partial charge in [0.2, 0.25) is 0 Å². The molecule has 88 valence electrons. The number of carbonyl (C=O) groups is 1. The summed E-state index contributed by atoms with van der Waals surface area (Å²) in [4.78, 5) is 15.5. The molecule has 2 aromatic heterocycles. The topological polar surface area (TPSA) is 68.0 Å². The van der Waals surface area contributed by atoms with Crippen molar-refractivity contribution in [2.24, 2.45) is 0 Å². The summed E-state index contributed by atoms with van der Waals surface area (Å²) in [6.07, 6.45) is 0. The van der Waals surface area contributed by atoms with Crippen LogP contribution in [-0.4, -0.2) is 16.0 Å². The first-order valence-electron chi connectivity index (χ1n) is 4.62. The second kappa shape index (κ2) is 4.73. The Morgan fingerprint density at radius 1 is 1.29 bits per heavy atom. The Hall–Kier alpha value is -1.59. The van der Waals surface area contributed by atoms with Gasteiger partial charge in [0, 0.05) is 11.6 Å². The van der Waals surface area contributed by atoms with Crippen molar-refractivity contribution in [2.75, 3.05) is 5.32 Å². The van der Waals surface area contributed by atoms with Crippen molar-refractivity contribution < 1.29 is 9.32 Å². The van der Waals surface area contributed by atoms with E-state index in [9.17, 15) is 4.79 Å². The van der Waals surface area contributed by atoms with Gasteiger partial charge >= 0.3 is 0 Å². The number of aromatic nitrogens is 2. The summed E-state index contributed by atoms with van der Waals surface area (Å²) in [6, 6.07) is 4.42. The molecular weight excluding hydrogens is 265 g/mol. The van der Waals surface area contributed by atoms with Gasteiger partial charge in [-0.1, -0.05) is 28.4 Å². The minimum absolute atomic E-state index is 0.152. The van der Waals surface area contributed by atoms with Gasteiger partial charge in [-0.2, -0.15) is 0 Å². The highest BCUT2D eigenvalue weighted by atomic mass is 35.5. The van der Waals surface area contributed by atoms with Gasteiger partial charge in [0.05, 0.1) is 0 Å². The Labute approximate surface area is 107 Å². The average molecular weight is 272 g/mol. The van der Waals surface area contributed by atoms with Crippen LogP contribution in [0.1, 0.15) is 16.1 Å². The lowest BCUT2D eigenvalue weighted by Gasteiger charge is -2.02. The molecule has 0 aliphatic heterocycles. The molecule has 5 nitrogen and oxygen atoms in total. The van der Waals surface area contributed by atoms with Crippen LogP contribution in [0.2, 0.25) is 10.3 Å². The van der Waals surface area contributed by atoms with E-state index < -0.39 is 0 Å². The fraction of sp³-hybridized carbons (Fsp3) is 0.100. The molecule has 1 amide bonds. The number of carbonyl (C=O) groups excluding carboxylic acids is 1. The molecule has 2 aromatic rings. The monoisotopic (exact) mass is 271 g/mol. The number of hydrogen-bond donors (Lipinski definition) is 1. The molecule has 0 aliphatic rings. The lowest BCUT2D eigenvalue weighted by molar-refractivity contribution is 0.102. The van der Waals surface area contributed by atoms with Crippen molar-refractivity contribution in [3.8, 4) is 0 Å². The van der Waals surface area contributed by atoms with Gasteiger partial charge in [0.25, 0.3) is 5.91 Å². The van der Waals surface area contributed by atoms with Crippen LogP contribution in [-0.2, 0) is 0 Å². The SMILES string of the molecule is Cc1cc(NC(=O)c2cc(Cl)nc(Cl)c2)no1. The van der Waals surface area contributed by atoms with Crippen LogP contribution in [0.15, 0.2) is 22.7 Å². The molecule has 1 N–H and O–H groups in total. The zero-order valence-corrected chi connectivity index (χ0v) is 10.2. The second-order valence-electron chi connectivity index (χ2n) is 3.28. The molecule has 0 aromatic carbocycles. The van der Waals surface area contributed by atoms with Gasteiger partial charge in [-0.3, -0.25) is 4.79 Å². The standard InChI is InChI=1S/C10H7Cl2N3O2/c1-5-2-9(15-17-5)14-10(16)6-3-7(11)13-8(12)4-6/h2-4H,1H3,(H,14,15,16). The lowest BCUT2D eigenvalue weighted by atomic mass is 10.2. The molecule has 2 heterocycles. The van der Waals surface area contributed by atoms with Crippen molar-refractivity contribution in [1.82, 2.24) is 10.1 Å². The van der Waals surface area contributed by atoms with Gasteiger partial charge in [0.15, 0.2) is 5.82 Å². The minimum atomic E-state index is -0.385. The Kier molecular flexibility index (Phi) is 3.31. The predicted octanol–water partition coefficient (Wildman–Crippen LogP) is 2.94. The summed E-state index contributed by atoms with van der Waals surface area (Å²) in [5.41, 5.74) is 0.302. The molecule has 0 atom stereocenters. The highest BCUT2D eigenvalue weighted by molar-refractivity contribution is 6.33. The molecule has 0 unspecified atom stereocenters. The van der Waals surface area contributed by atoms with Crippen molar-refractivity contribution in [2.45, 2.75) is 6.92 Å². The third-order valence-electron chi connectivity index (χ3n) is 1.89. The molecule has 0 saturated heterocycles. The highest BCUT2D eigenvalue weighted by Gasteiger charge is 2.11. The van der Waals surface area contributed by atoms with E-state index >= 15 is 0 Å². The maximum Gasteiger partial charge on any atom is 0.257 e. The van der Waals surface area contributed by atoms with E-state index in [1.165, 1.54) is 12.1 Å². The third kappa shape index (κ3) is 2.95. The summed E-state index contributed by atoms with van der Waals surface area (Å²) in [5, 5.41) is 6.49. The van der Waals surface area contributed by atoms with Gasteiger partial charge in [-0.25, -0.2) is 4.98 Å². The highest BCUT2D eigenvalue weighted by Crippen LogP contribution is 2.16. The normalized spacial score (nSPS) is 10.3. The first kappa shape index (κ1) is 11.9. The third-order valence-corrected chi connectivity index (χ3v) is 2.28. The number of hydrogen-bond acceptors (Lipinski definition) is 4. The number of aryl methyl sites for hydroxylation is 1. The van der Waals surface area contributed by atoms with Crippen LogP contribution >= 0.6 is 23.2 Å². The van der Waals surface area contributed by atoms with E-state index in [2.05, 4.69) is 15.5 Å². The smallest absolute Gasteiger partial charge is 0.257 e. The molecule has 2 rings (SSSR count). The maximum absolute atomic E-state index is 11.8. The van der Waals surface area contributed by atoms with Gasteiger partial charge in [-0.15, -0.1) is 0 Å². The second-order valence-corrected chi connectivity index (χ2v) is 4.05. The molecule has 17 heavy (non-hydrogen) atoms. The van der Waals surface area contributed by atoms with Crippen LogP contribution in [0.25, 0.3) is 0 Å². The lowest BCUT2D eigenvalue weighted by Crippen LogP contribution is -2.12. The quantitative estimate of drug-likeness (QED) is 0.853. The Balaban J connectivity index is 2.19. The Bertz CT molecular complexity index is 548. The molecule has 0 spiro atoms. The number of pyridine rings is 1. The van der Waals surface area contributed by atoms with Crippen molar-refractivity contribution in [3.63, 3.8) is 0 Å². The molecule has 0 radical (unpaired) electrons. The Morgan fingerprint density at radius 2 is 1.94 bits per heavy atom. The molecule has 0 fully saturated rings. The molecule has 7 heteroatoms. The van der Waals surface area contributed by atoms with E-state index in [1.54, 1.807) is 13.0 Å². The fourth-order valence-electron chi connectivity index (χ4n) is 1.21. The van der Waals surface area contributed by atoms with Crippen molar-refractivity contribution >= 4 is 34.9 Å². The number of nitrogens with zero attached hydrogens (tertiary/aromatic N) is 2. The first-order valence-corrected chi connectivity index (χ1v) is 5.38. The van der Waals surface area contributed by atoms with Crippen molar-refractivity contribution in [1.29, 1.82) is 0 Å². The van der Waals surface area contributed by atoms with Crippen LogP contribution in [0.5, 0.6) is 0 Å². The van der Waals surface area contributed by atoms with Crippen LogP contribution in [0, 0.1) is 6.92 Å². The van der Waals surface area contributed by atoms with Gasteiger partial charge < -0.3 is 9.84 Å². The van der Waals surface area contributed by atoms with Crippen LogP contribution < -0.4 is 5.32 Å². The minimum Gasteiger partial charge on any atom is -0.360 e. The van der Waals surface area contributed by atoms with Gasteiger partial charge in [-0.05, 0) is 19.1 Å². The number of anilines is 1. The summed E-state index contributed by atoms with van der Waals surface area (Å²) in [6.45, 7) is 1.73. The largest absolute Gasteiger partial charge is 0.360 e. The summed E-state index contributed by atoms with van der Waals surface area (Å²) in [7, 11) is 0. The fourth-order valence-corrected chi connectivity index (χ4v) is 1.67. The van der Waals surface area contributed by atoms with E-state index in [1.807, 2.05) is 0 Å². The van der Waals surface area contributed by atoms with E-state index in [0.717, 1.165) is 0 Å². The van der Waals surface area contributed by atoms with E-state index in [-0.39, 0.29) is 16.2 Å². The zero-order chi connectivity index (χ0) is 12.4. The molecule has 0 bridgehead atoms. The Morgan fingerprint density at radius 3 is 2.47 bits per heavy atom. The van der Waals surface area contributed by atoms with Crippen LogP contribution in [0.4, 0.5) is 5.82 Å². The predicted molar refractivity (Wildman–Crippen MR) is 63.5 cm³/mol. The van der Waals surface area contributed by atoms with Crippen LogP contribution in [0.3, 0.4) is 0 Å².